The average Bonchev–Trinajstić information content (AvgIpc) is 3.09. The zero-order valence-corrected chi connectivity index (χ0v) is 18.5. The second-order valence-corrected chi connectivity index (χ2v) is 7.37. The minimum Gasteiger partial charge on any atom is -0.493 e. The number of esters is 1. The number of fused-ring (bicyclic) bond motifs is 1. The zero-order chi connectivity index (χ0) is 23.4. The van der Waals surface area contributed by atoms with E-state index in [0.717, 1.165) is 11.3 Å². The number of aromatic nitrogens is 2. The number of aromatic amines is 1. The molecule has 32 heavy (non-hydrogen) atoms. The number of hydrogen-bond donors (Lipinski definition) is 1. The van der Waals surface area contributed by atoms with Crippen molar-refractivity contribution in [1.82, 2.24) is 9.97 Å². The Labute approximate surface area is 185 Å². The van der Waals surface area contributed by atoms with Crippen molar-refractivity contribution in [3.05, 3.63) is 44.3 Å². The van der Waals surface area contributed by atoms with Crippen molar-refractivity contribution in [1.29, 1.82) is 0 Å². The predicted molar refractivity (Wildman–Crippen MR) is 116 cm³/mol. The Kier molecular flexibility index (Phi) is 7.08. The Morgan fingerprint density at radius 2 is 1.88 bits per heavy atom. The van der Waals surface area contributed by atoms with Crippen LogP contribution in [0.3, 0.4) is 0 Å². The van der Waals surface area contributed by atoms with Gasteiger partial charge in [0.2, 0.25) is 5.75 Å². The molecule has 0 bridgehead atoms. The van der Waals surface area contributed by atoms with Gasteiger partial charge in [0.05, 0.1) is 26.2 Å². The van der Waals surface area contributed by atoms with Crippen LogP contribution in [0, 0.1) is 6.92 Å². The van der Waals surface area contributed by atoms with Crippen LogP contribution in [0.2, 0.25) is 0 Å². The average molecular weight is 466 g/mol. The summed E-state index contributed by atoms with van der Waals surface area (Å²) in [6.07, 6.45) is 3.12. The lowest BCUT2D eigenvalue weighted by molar-refractivity contribution is -0.0526. The molecule has 0 unspecified atom stereocenters. The summed E-state index contributed by atoms with van der Waals surface area (Å²) < 4.78 is 45.2. The van der Waals surface area contributed by atoms with Gasteiger partial charge < -0.3 is 23.9 Å². The molecule has 0 fully saturated rings. The molecule has 0 radical (unpaired) electrons. The van der Waals surface area contributed by atoms with Gasteiger partial charge in [-0.15, -0.1) is 11.3 Å². The number of nitrogens with one attached hydrogen (secondary N) is 1. The Bertz CT molecular complexity index is 1210. The van der Waals surface area contributed by atoms with Gasteiger partial charge in [0, 0.05) is 0 Å². The number of methoxy groups -OCH3 is 2. The number of ether oxygens (including phenoxy) is 4. The van der Waals surface area contributed by atoms with E-state index in [-0.39, 0.29) is 29.7 Å². The summed E-state index contributed by atoms with van der Waals surface area (Å²) in [5.41, 5.74) is 0.643. The van der Waals surface area contributed by atoms with E-state index in [9.17, 15) is 18.4 Å². The molecule has 0 aliphatic carbocycles. The van der Waals surface area contributed by atoms with Crippen LogP contribution in [0.4, 0.5) is 8.78 Å². The molecular weight excluding hydrogens is 446 g/mol. The van der Waals surface area contributed by atoms with Crippen molar-refractivity contribution in [2.75, 3.05) is 20.8 Å². The van der Waals surface area contributed by atoms with E-state index in [1.54, 1.807) is 19.9 Å². The molecule has 2 aromatic heterocycles. The minimum atomic E-state index is -3.05. The largest absolute Gasteiger partial charge is 0.493 e. The normalized spacial score (nSPS) is 11.3. The molecule has 2 heterocycles. The number of aryl methyl sites for hydroxylation is 1. The Morgan fingerprint density at radius 1 is 1.22 bits per heavy atom. The van der Waals surface area contributed by atoms with Crippen molar-refractivity contribution in [3.8, 4) is 17.2 Å². The second kappa shape index (κ2) is 9.77. The molecule has 0 saturated carbocycles. The highest BCUT2D eigenvalue weighted by atomic mass is 32.1. The van der Waals surface area contributed by atoms with Crippen LogP contribution in [0.1, 0.15) is 33.5 Å². The van der Waals surface area contributed by atoms with Crippen molar-refractivity contribution < 1.29 is 32.5 Å². The number of hydrogen-bond acceptors (Lipinski definition) is 8. The highest BCUT2D eigenvalue weighted by Crippen LogP contribution is 2.40. The van der Waals surface area contributed by atoms with Crippen LogP contribution in [-0.4, -0.2) is 43.4 Å². The monoisotopic (exact) mass is 466 g/mol. The number of H-pyrrole nitrogens is 1. The number of halogens is 2. The van der Waals surface area contributed by atoms with Gasteiger partial charge in [-0.1, -0.05) is 6.08 Å². The van der Waals surface area contributed by atoms with Gasteiger partial charge in [-0.2, -0.15) is 8.78 Å². The van der Waals surface area contributed by atoms with E-state index in [2.05, 4.69) is 14.7 Å². The van der Waals surface area contributed by atoms with E-state index in [1.807, 2.05) is 0 Å². The summed E-state index contributed by atoms with van der Waals surface area (Å²) in [5.74, 6) is -0.390. The Morgan fingerprint density at radius 3 is 2.44 bits per heavy atom. The lowest BCUT2D eigenvalue weighted by Gasteiger charge is -2.14. The first kappa shape index (κ1) is 23.2. The third-order valence-corrected chi connectivity index (χ3v) is 5.57. The maximum absolute atomic E-state index is 12.7. The Hall–Kier alpha value is -3.47. The van der Waals surface area contributed by atoms with E-state index in [0.29, 0.717) is 26.2 Å². The highest BCUT2D eigenvalue weighted by Gasteiger charge is 2.20. The van der Waals surface area contributed by atoms with E-state index >= 15 is 0 Å². The molecule has 3 rings (SSSR count). The molecule has 11 heteroatoms. The zero-order valence-electron chi connectivity index (χ0n) is 17.7. The molecule has 3 aromatic rings. The smallest absolute Gasteiger partial charge is 0.387 e. The molecular formula is C21H20F2N2O6S. The topological polar surface area (TPSA) is 99.7 Å². The number of benzene rings is 1. The molecule has 0 aliphatic rings. The molecule has 1 N–H and O–H groups in total. The van der Waals surface area contributed by atoms with E-state index in [4.69, 9.17) is 14.2 Å². The van der Waals surface area contributed by atoms with Crippen LogP contribution in [-0.2, 0) is 4.74 Å². The molecule has 0 saturated heterocycles. The minimum absolute atomic E-state index is 0.0502. The van der Waals surface area contributed by atoms with Gasteiger partial charge in [0.25, 0.3) is 5.56 Å². The van der Waals surface area contributed by atoms with Gasteiger partial charge in [0.15, 0.2) is 11.5 Å². The van der Waals surface area contributed by atoms with Gasteiger partial charge in [-0.25, -0.2) is 9.78 Å². The first-order valence-electron chi connectivity index (χ1n) is 9.38. The van der Waals surface area contributed by atoms with Crippen LogP contribution in [0.25, 0.3) is 22.4 Å². The third kappa shape index (κ3) is 4.72. The Balaban J connectivity index is 1.99. The molecule has 1 aromatic carbocycles. The van der Waals surface area contributed by atoms with E-state index < -0.39 is 18.1 Å². The number of thiophene rings is 1. The van der Waals surface area contributed by atoms with Crippen LogP contribution >= 0.6 is 11.3 Å². The fourth-order valence-corrected chi connectivity index (χ4v) is 4.09. The summed E-state index contributed by atoms with van der Waals surface area (Å²) in [5, 5.41) is 0.326. The molecule has 170 valence electrons. The first-order valence-corrected chi connectivity index (χ1v) is 10.2. The van der Waals surface area contributed by atoms with Crippen LogP contribution in [0.15, 0.2) is 16.9 Å². The van der Waals surface area contributed by atoms with Crippen molar-refractivity contribution in [3.63, 3.8) is 0 Å². The van der Waals surface area contributed by atoms with Gasteiger partial charge in [-0.05, 0) is 43.2 Å². The van der Waals surface area contributed by atoms with Gasteiger partial charge in [0.1, 0.15) is 15.5 Å². The standard InChI is InChI=1S/C21H20F2N2O6S/c1-5-30-20(27)17-10(2)15-18(26)24-14(25-19(15)32-17)7-6-11-8-12(28-3)16(31-21(22)23)13(9-11)29-4/h6-9,21H,5H2,1-4H3,(H,24,25,26)/b7-6+. The molecule has 0 atom stereocenters. The number of carbonyl (C=O) groups is 1. The first-order chi connectivity index (χ1) is 15.3. The van der Waals surface area contributed by atoms with Gasteiger partial charge in [-0.3, -0.25) is 4.79 Å². The fraction of sp³-hybridized carbons (Fsp3) is 0.286. The summed E-state index contributed by atoms with van der Waals surface area (Å²) >= 11 is 1.07. The summed E-state index contributed by atoms with van der Waals surface area (Å²) in [7, 11) is 2.63. The third-order valence-electron chi connectivity index (χ3n) is 4.40. The van der Waals surface area contributed by atoms with Crippen molar-refractivity contribution >= 4 is 39.7 Å². The predicted octanol–water partition coefficient (Wildman–Crippen LogP) is 4.26. The molecule has 0 spiro atoms. The van der Waals surface area contributed by atoms with Crippen molar-refractivity contribution in [2.24, 2.45) is 0 Å². The summed E-state index contributed by atoms with van der Waals surface area (Å²) in [6, 6.07) is 2.95. The number of rotatable bonds is 8. The number of nitrogens with zero attached hydrogens (tertiary/aromatic N) is 1. The lowest BCUT2D eigenvalue weighted by atomic mass is 10.1. The molecule has 0 aliphatic heterocycles. The fourth-order valence-electron chi connectivity index (χ4n) is 3.01. The SMILES string of the molecule is CCOC(=O)c1sc2nc(/C=C/c3cc(OC)c(OC(F)F)c(OC)c3)[nH]c(=O)c2c1C. The quantitative estimate of drug-likeness (QED) is 0.495. The molecule has 0 amide bonds. The summed E-state index contributed by atoms with van der Waals surface area (Å²) in [6.45, 7) is 0.538. The maximum atomic E-state index is 12.7. The van der Waals surface area contributed by atoms with Gasteiger partial charge >= 0.3 is 12.6 Å². The maximum Gasteiger partial charge on any atom is 0.387 e. The molecule has 8 nitrogen and oxygen atoms in total. The number of carbonyl (C=O) groups excluding carboxylic acids is 1. The van der Waals surface area contributed by atoms with Crippen LogP contribution in [0.5, 0.6) is 17.2 Å². The second-order valence-electron chi connectivity index (χ2n) is 6.37. The highest BCUT2D eigenvalue weighted by molar-refractivity contribution is 7.20. The lowest BCUT2D eigenvalue weighted by Crippen LogP contribution is -2.10. The van der Waals surface area contributed by atoms with Crippen LogP contribution < -0.4 is 19.8 Å². The summed E-state index contributed by atoms with van der Waals surface area (Å²) in [4.78, 5) is 32.5. The van der Waals surface area contributed by atoms with Crippen molar-refractivity contribution in [2.45, 2.75) is 20.5 Å². The number of alkyl halides is 2. The van der Waals surface area contributed by atoms with E-state index in [1.165, 1.54) is 32.4 Å².